The van der Waals surface area contributed by atoms with Gasteiger partial charge < -0.3 is 5.32 Å². The highest BCUT2D eigenvalue weighted by atomic mass is 16.2. The van der Waals surface area contributed by atoms with E-state index in [0.29, 0.717) is 29.6 Å². The smallest absolute Gasteiger partial charge is 0.225 e. The lowest BCUT2D eigenvalue weighted by atomic mass is 9.48. The van der Waals surface area contributed by atoms with Crippen LogP contribution in [-0.4, -0.2) is 17.7 Å². The van der Waals surface area contributed by atoms with E-state index in [-0.39, 0.29) is 22.2 Å². The molecule has 0 saturated heterocycles. The maximum atomic E-state index is 12.6. The van der Waals surface area contributed by atoms with Crippen molar-refractivity contribution in [2.24, 2.45) is 34.0 Å². The van der Waals surface area contributed by atoms with Gasteiger partial charge in [0.05, 0.1) is 0 Å². The summed E-state index contributed by atoms with van der Waals surface area (Å²) in [5.74, 6) is 2.61. The van der Waals surface area contributed by atoms with Crippen molar-refractivity contribution in [3.63, 3.8) is 0 Å². The Kier molecular flexibility index (Phi) is 4.40. The van der Waals surface area contributed by atoms with Gasteiger partial charge in [0.25, 0.3) is 0 Å². The van der Waals surface area contributed by atoms with Crippen molar-refractivity contribution in [1.82, 2.24) is 5.32 Å². The minimum atomic E-state index is -0.329. The summed E-state index contributed by atoms with van der Waals surface area (Å²) in [6.45, 7) is 10.8. The first-order chi connectivity index (χ1) is 12.6. The fourth-order valence-corrected chi connectivity index (χ4v) is 7.21. The molecular formula is C24H37NO2. The molecule has 0 bridgehead atoms. The maximum absolute atomic E-state index is 12.6. The number of fused-ring (bicyclic) bond motifs is 5. The lowest BCUT2D eigenvalue weighted by Gasteiger charge is -2.57. The van der Waals surface area contributed by atoms with Crippen LogP contribution in [0.25, 0.3) is 0 Å². The van der Waals surface area contributed by atoms with Crippen molar-refractivity contribution in [2.45, 2.75) is 92.0 Å². The van der Waals surface area contributed by atoms with Crippen LogP contribution in [0.2, 0.25) is 0 Å². The molecule has 0 radical (unpaired) electrons. The van der Waals surface area contributed by atoms with Gasteiger partial charge in [-0.05, 0) is 79.1 Å². The van der Waals surface area contributed by atoms with Gasteiger partial charge in [-0.3, -0.25) is 9.59 Å². The van der Waals surface area contributed by atoms with E-state index in [1.54, 1.807) is 0 Å². The molecule has 1 amide bonds. The van der Waals surface area contributed by atoms with Gasteiger partial charge in [-0.25, -0.2) is 0 Å². The maximum Gasteiger partial charge on any atom is 0.225 e. The summed E-state index contributed by atoms with van der Waals surface area (Å²) in [5.41, 5.74) is 1.15. The molecule has 4 aliphatic rings. The molecule has 1 unspecified atom stereocenters. The van der Waals surface area contributed by atoms with E-state index < -0.39 is 0 Å². The van der Waals surface area contributed by atoms with Crippen LogP contribution >= 0.6 is 0 Å². The zero-order valence-corrected chi connectivity index (χ0v) is 17.9. The average Bonchev–Trinajstić information content (AvgIpc) is 2.90. The van der Waals surface area contributed by atoms with Crippen LogP contribution in [0.5, 0.6) is 0 Å². The first-order valence-corrected chi connectivity index (χ1v) is 11.1. The molecule has 150 valence electrons. The Labute approximate surface area is 164 Å². The van der Waals surface area contributed by atoms with Crippen molar-refractivity contribution in [3.8, 4) is 0 Å². The lowest BCUT2D eigenvalue weighted by molar-refractivity contribution is -0.131. The van der Waals surface area contributed by atoms with Gasteiger partial charge in [-0.1, -0.05) is 40.7 Å². The number of hydrogen-bond acceptors (Lipinski definition) is 2. The average molecular weight is 372 g/mol. The molecule has 3 fully saturated rings. The molecule has 3 saturated carbocycles. The van der Waals surface area contributed by atoms with Gasteiger partial charge in [-0.15, -0.1) is 0 Å². The van der Waals surface area contributed by atoms with Crippen LogP contribution in [-0.2, 0) is 9.59 Å². The number of allylic oxidation sites excluding steroid dienone is 2. The number of carbonyl (C=O) groups excluding carboxylic acids is 2. The number of rotatable bonds is 1. The van der Waals surface area contributed by atoms with E-state index >= 15 is 0 Å². The molecular weight excluding hydrogens is 334 g/mol. The highest BCUT2D eigenvalue weighted by Crippen LogP contribution is 2.64. The Bertz CT molecular complexity index is 687. The number of carbonyl (C=O) groups is 2. The van der Waals surface area contributed by atoms with Crippen molar-refractivity contribution in [1.29, 1.82) is 0 Å². The SMILES string of the molecule is CC(C)(C)C(=O)NC1CC[C@H]2[C@@H]3CC=C4C(=O)CCC[C@]4(C)[C@@H]3CC[C@]12C. The van der Waals surface area contributed by atoms with Gasteiger partial charge in [0.2, 0.25) is 5.91 Å². The van der Waals surface area contributed by atoms with Gasteiger partial charge >= 0.3 is 0 Å². The minimum absolute atomic E-state index is 0.103. The third kappa shape index (κ3) is 2.83. The molecule has 0 aliphatic heterocycles. The second-order valence-corrected chi connectivity index (χ2v) is 11.3. The molecule has 0 aromatic heterocycles. The number of Topliss-reactive ketones (excluding diaryl/α,β-unsaturated/α-hetero) is 1. The van der Waals surface area contributed by atoms with E-state index in [4.69, 9.17) is 0 Å². The van der Waals surface area contributed by atoms with Crippen molar-refractivity contribution in [2.75, 3.05) is 0 Å². The summed E-state index contributed by atoms with van der Waals surface area (Å²) in [6, 6.07) is 0.307. The van der Waals surface area contributed by atoms with E-state index in [9.17, 15) is 9.59 Å². The molecule has 0 spiro atoms. The largest absolute Gasteiger partial charge is 0.352 e. The van der Waals surface area contributed by atoms with Crippen LogP contribution in [0, 0.1) is 34.0 Å². The summed E-state index contributed by atoms with van der Waals surface area (Å²) in [7, 11) is 0. The van der Waals surface area contributed by atoms with Crippen LogP contribution in [0.4, 0.5) is 0 Å². The standard InChI is InChI=1S/C24H37NO2/c1-22(2,3)21(27)25-20-11-10-16-15-8-9-18-19(26)7-6-13-23(18,4)17(15)12-14-24(16,20)5/h9,15-17,20H,6-8,10-14H2,1-5H3,(H,25,27)/t15-,16-,17+,20?,23+,24-/m0/s1. The predicted octanol–water partition coefficient (Wildman–Crippen LogP) is 5.05. The van der Waals surface area contributed by atoms with Gasteiger partial charge in [0, 0.05) is 17.9 Å². The minimum Gasteiger partial charge on any atom is -0.352 e. The Morgan fingerprint density at radius 1 is 1.11 bits per heavy atom. The first kappa shape index (κ1) is 19.2. The Balaban J connectivity index is 1.59. The third-order valence-corrected chi connectivity index (χ3v) is 8.85. The van der Waals surface area contributed by atoms with E-state index in [1.807, 2.05) is 20.8 Å². The van der Waals surface area contributed by atoms with Gasteiger partial charge in [0.1, 0.15) is 0 Å². The van der Waals surface area contributed by atoms with E-state index in [0.717, 1.165) is 31.3 Å². The first-order valence-electron chi connectivity index (χ1n) is 11.1. The van der Waals surface area contributed by atoms with Crippen molar-refractivity contribution in [3.05, 3.63) is 11.6 Å². The lowest BCUT2D eigenvalue weighted by Crippen LogP contribution is -2.55. The Morgan fingerprint density at radius 2 is 1.85 bits per heavy atom. The summed E-state index contributed by atoms with van der Waals surface area (Å²) in [5, 5.41) is 3.42. The summed E-state index contributed by atoms with van der Waals surface area (Å²) >= 11 is 0. The Morgan fingerprint density at radius 3 is 2.56 bits per heavy atom. The normalized spacial score (nSPS) is 44.0. The fourth-order valence-electron chi connectivity index (χ4n) is 7.21. The summed E-state index contributed by atoms with van der Waals surface area (Å²) in [4.78, 5) is 25.2. The summed E-state index contributed by atoms with van der Waals surface area (Å²) < 4.78 is 0. The van der Waals surface area contributed by atoms with Crippen molar-refractivity contribution >= 4 is 11.7 Å². The monoisotopic (exact) mass is 371 g/mol. The van der Waals surface area contributed by atoms with Crippen molar-refractivity contribution < 1.29 is 9.59 Å². The zero-order chi connectivity index (χ0) is 19.6. The molecule has 0 aromatic carbocycles. The number of ketones is 1. The molecule has 0 heterocycles. The topological polar surface area (TPSA) is 46.2 Å². The second-order valence-electron chi connectivity index (χ2n) is 11.3. The van der Waals surface area contributed by atoms with Crippen LogP contribution in [0.1, 0.15) is 86.0 Å². The van der Waals surface area contributed by atoms with Crippen LogP contribution < -0.4 is 5.32 Å². The molecule has 3 nitrogen and oxygen atoms in total. The molecule has 6 atom stereocenters. The van der Waals surface area contributed by atoms with Crippen LogP contribution in [0.3, 0.4) is 0 Å². The zero-order valence-electron chi connectivity index (χ0n) is 17.9. The van der Waals surface area contributed by atoms with E-state index in [2.05, 4.69) is 25.2 Å². The highest BCUT2D eigenvalue weighted by molar-refractivity contribution is 5.97. The molecule has 3 heteroatoms. The van der Waals surface area contributed by atoms with E-state index in [1.165, 1.54) is 25.7 Å². The van der Waals surface area contributed by atoms with Gasteiger partial charge in [0.15, 0.2) is 5.78 Å². The third-order valence-electron chi connectivity index (χ3n) is 8.85. The van der Waals surface area contributed by atoms with Gasteiger partial charge in [-0.2, -0.15) is 0 Å². The number of amides is 1. The molecule has 1 N–H and O–H groups in total. The summed E-state index contributed by atoms with van der Waals surface area (Å²) in [6.07, 6.45) is 11.1. The Hall–Kier alpha value is -1.12. The molecule has 4 rings (SSSR count). The number of nitrogens with one attached hydrogen (secondary N) is 1. The predicted molar refractivity (Wildman–Crippen MR) is 108 cm³/mol. The second kappa shape index (κ2) is 6.19. The molecule has 0 aromatic rings. The highest BCUT2D eigenvalue weighted by Gasteiger charge is 2.59. The molecule has 27 heavy (non-hydrogen) atoms. The molecule has 4 aliphatic carbocycles. The fraction of sp³-hybridized carbons (Fsp3) is 0.833. The quantitative estimate of drug-likeness (QED) is 0.701. The number of hydrogen-bond donors (Lipinski definition) is 1. The van der Waals surface area contributed by atoms with Crippen LogP contribution in [0.15, 0.2) is 11.6 Å².